The third kappa shape index (κ3) is 6.82. The molecule has 0 aromatic heterocycles. The molecule has 0 amide bonds. The summed E-state index contributed by atoms with van der Waals surface area (Å²) < 4.78 is 37.0. The zero-order chi connectivity index (χ0) is 14.4. The van der Waals surface area contributed by atoms with Crippen LogP contribution in [-0.4, -0.2) is 35.7 Å². The Labute approximate surface area is 107 Å². The van der Waals surface area contributed by atoms with Gasteiger partial charge in [0.2, 0.25) is 0 Å². The van der Waals surface area contributed by atoms with Crippen molar-refractivity contribution in [2.45, 2.75) is 57.8 Å². The van der Waals surface area contributed by atoms with Gasteiger partial charge in [-0.25, -0.2) is 0 Å². The molecule has 0 rings (SSSR count). The predicted molar refractivity (Wildman–Crippen MR) is 64.8 cm³/mol. The summed E-state index contributed by atoms with van der Waals surface area (Å²) in [5.41, 5.74) is 4.87. The molecule has 0 saturated carbocycles. The van der Waals surface area contributed by atoms with E-state index in [0.29, 0.717) is 25.8 Å². The second-order valence-corrected chi connectivity index (χ2v) is 4.90. The molecule has 106 valence electrons. The van der Waals surface area contributed by atoms with E-state index in [2.05, 4.69) is 0 Å². The lowest BCUT2D eigenvalue weighted by molar-refractivity contribution is -0.149. The van der Waals surface area contributed by atoms with Crippen molar-refractivity contribution in [3.05, 3.63) is 0 Å². The van der Waals surface area contributed by atoms with Crippen molar-refractivity contribution >= 4 is 0 Å². The number of hydrogen-bond donors (Lipinski definition) is 1. The Morgan fingerprint density at radius 3 is 2.22 bits per heavy atom. The van der Waals surface area contributed by atoms with E-state index in [1.807, 2.05) is 6.07 Å². The van der Waals surface area contributed by atoms with Crippen molar-refractivity contribution in [3.8, 4) is 6.07 Å². The number of nitrogens with two attached hydrogens (primary N) is 1. The molecule has 6 heteroatoms. The summed E-state index contributed by atoms with van der Waals surface area (Å²) in [7, 11) is 0. The van der Waals surface area contributed by atoms with Crippen LogP contribution in [0.3, 0.4) is 0 Å². The lowest BCUT2D eigenvalue weighted by atomic mass is 9.93. The van der Waals surface area contributed by atoms with Crippen molar-refractivity contribution in [2.24, 2.45) is 5.73 Å². The third-order valence-electron chi connectivity index (χ3n) is 3.03. The molecule has 0 heterocycles. The van der Waals surface area contributed by atoms with E-state index in [9.17, 15) is 13.2 Å². The number of halogens is 3. The highest BCUT2D eigenvalue weighted by Crippen LogP contribution is 2.19. The maximum absolute atomic E-state index is 12.3. The van der Waals surface area contributed by atoms with E-state index in [4.69, 9.17) is 11.0 Å². The summed E-state index contributed by atoms with van der Waals surface area (Å²) in [5.74, 6) is 0. The first kappa shape index (κ1) is 17.2. The molecule has 0 bridgehead atoms. The predicted octanol–water partition coefficient (Wildman–Crippen LogP) is 2.67. The molecule has 18 heavy (non-hydrogen) atoms. The average Bonchev–Trinajstić information content (AvgIpc) is 2.25. The van der Waals surface area contributed by atoms with Gasteiger partial charge in [-0.2, -0.15) is 18.4 Å². The zero-order valence-corrected chi connectivity index (χ0v) is 11.2. The molecule has 2 N–H and O–H groups in total. The minimum Gasteiger partial charge on any atom is -0.313 e. The number of nitriles is 1. The normalized spacial score (nSPS) is 15.8. The fraction of sp³-hybridized carbons (Fsp3) is 0.917. The van der Waals surface area contributed by atoms with Gasteiger partial charge in [-0.1, -0.05) is 6.92 Å². The van der Waals surface area contributed by atoms with Gasteiger partial charge in [-0.3, -0.25) is 4.90 Å². The van der Waals surface area contributed by atoms with Crippen LogP contribution in [-0.2, 0) is 0 Å². The first-order valence-electron chi connectivity index (χ1n) is 6.14. The molecule has 3 nitrogen and oxygen atoms in total. The smallest absolute Gasteiger partial charge is 0.313 e. The monoisotopic (exact) mass is 265 g/mol. The number of rotatable bonds is 7. The molecule has 0 aromatic rings. The molecule has 0 saturated heterocycles. The Morgan fingerprint density at radius 1 is 1.33 bits per heavy atom. The highest BCUT2D eigenvalue weighted by molar-refractivity contribution is 5.03. The van der Waals surface area contributed by atoms with Gasteiger partial charge < -0.3 is 5.73 Å². The Bertz CT molecular complexity index is 283. The van der Waals surface area contributed by atoms with Crippen LogP contribution in [0.5, 0.6) is 0 Å². The van der Waals surface area contributed by atoms with Crippen molar-refractivity contribution in [1.82, 2.24) is 4.90 Å². The maximum Gasteiger partial charge on any atom is 0.401 e. The molecule has 0 spiro atoms. The van der Waals surface area contributed by atoms with Crippen molar-refractivity contribution in [3.63, 3.8) is 0 Å². The first-order valence-corrected chi connectivity index (χ1v) is 6.14. The summed E-state index contributed by atoms with van der Waals surface area (Å²) in [5, 5.41) is 8.88. The van der Waals surface area contributed by atoms with Crippen LogP contribution in [0.4, 0.5) is 13.2 Å². The van der Waals surface area contributed by atoms with Crippen LogP contribution in [0, 0.1) is 11.3 Å². The van der Waals surface area contributed by atoms with Crippen LogP contribution in [0.15, 0.2) is 0 Å². The van der Waals surface area contributed by atoms with Gasteiger partial charge in [0.05, 0.1) is 12.6 Å². The van der Waals surface area contributed by atoms with Gasteiger partial charge in [0.15, 0.2) is 0 Å². The number of nitrogens with zero attached hydrogens (tertiary/aromatic N) is 2. The highest BCUT2D eigenvalue weighted by Gasteiger charge is 2.32. The quantitative estimate of drug-likeness (QED) is 0.770. The molecule has 0 aliphatic rings. The van der Waals surface area contributed by atoms with Crippen molar-refractivity contribution in [2.75, 3.05) is 13.1 Å². The van der Waals surface area contributed by atoms with Crippen LogP contribution >= 0.6 is 0 Å². The fourth-order valence-electron chi connectivity index (χ4n) is 1.66. The minimum absolute atomic E-state index is 0.178. The van der Waals surface area contributed by atoms with E-state index < -0.39 is 18.3 Å². The molecule has 0 aliphatic carbocycles. The van der Waals surface area contributed by atoms with Gasteiger partial charge in [0, 0.05) is 6.04 Å². The van der Waals surface area contributed by atoms with Crippen molar-refractivity contribution in [1.29, 1.82) is 5.26 Å². The zero-order valence-electron chi connectivity index (χ0n) is 11.2. The minimum atomic E-state index is -4.19. The third-order valence-corrected chi connectivity index (χ3v) is 3.03. The first-order chi connectivity index (χ1) is 8.13. The summed E-state index contributed by atoms with van der Waals surface area (Å²) in [4.78, 5) is 1.35. The Balaban J connectivity index is 4.26. The van der Waals surface area contributed by atoms with E-state index in [1.54, 1.807) is 20.8 Å². The molecular formula is C12H22F3N3. The number of hydrogen-bond acceptors (Lipinski definition) is 3. The summed E-state index contributed by atoms with van der Waals surface area (Å²) in [6.07, 6.45) is -2.78. The Morgan fingerprint density at radius 2 is 1.89 bits per heavy atom. The molecule has 0 radical (unpaired) electrons. The van der Waals surface area contributed by atoms with Crippen LogP contribution < -0.4 is 5.73 Å². The molecule has 0 aromatic carbocycles. The molecule has 1 unspecified atom stereocenters. The lowest BCUT2D eigenvalue weighted by Crippen LogP contribution is -2.42. The largest absolute Gasteiger partial charge is 0.401 e. The van der Waals surface area contributed by atoms with Crippen molar-refractivity contribution < 1.29 is 13.2 Å². The molecule has 1 atom stereocenters. The standard InChI is InChI=1S/C12H22F3N3/c1-4-11(17,8-16)6-5-7-18(10(2)3)9-12(13,14)15/h10H,4-7,9,17H2,1-3H3. The Kier molecular flexibility index (Phi) is 6.64. The van der Waals surface area contributed by atoms with E-state index in [0.717, 1.165) is 0 Å². The van der Waals surface area contributed by atoms with Gasteiger partial charge in [-0.15, -0.1) is 0 Å². The highest BCUT2D eigenvalue weighted by atomic mass is 19.4. The fourth-order valence-corrected chi connectivity index (χ4v) is 1.66. The van der Waals surface area contributed by atoms with Crippen LogP contribution in [0.1, 0.15) is 40.0 Å². The summed E-state index contributed by atoms with van der Waals surface area (Å²) in [6.45, 7) is 4.65. The van der Waals surface area contributed by atoms with Gasteiger partial charge in [0.1, 0.15) is 5.54 Å². The average molecular weight is 265 g/mol. The molecule has 0 aliphatic heterocycles. The lowest BCUT2D eigenvalue weighted by Gasteiger charge is -2.28. The van der Waals surface area contributed by atoms with E-state index in [1.165, 1.54) is 4.90 Å². The molecule has 0 fully saturated rings. The second-order valence-electron chi connectivity index (χ2n) is 4.90. The summed E-state index contributed by atoms with van der Waals surface area (Å²) >= 11 is 0. The van der Waals surface area contributed by atoms with Crippen LogP contribution in [0.2, 0.25) is 0 Å². The topological polar surface area (TPSA) is 53.1 Å². The van der Waals surface area contributed by atoms with Gasteiger partial charge in [-0.05, 0) is 39.7 Å². The number of alkyl halides is 3. The maximum atomic E-state index is 12.3. The summed E-state index contributed by atoms with van der Waals surface area (Å²) in [6, 6.07) is 1.84. The molecular weight excluding hydrogens is 243 g/mol. The van der Waals surface area contributed by atoms with Gasteiger partial charge in [0.25, 0.3) is 0 Å². The SMILES string of the molecule is CCC(N)(C#N)CCCN(CC(F)(F)F)C(C)C. The van der Waals surface area contributed by atoms with Gasteiger partial charge >= 0.3 is 6.18 Å². The van der Waals surface area contributed by atoms with Crippen LogP contribution in [0.25, 0.3) is 0 Å². The van der Waals surface area contributed by atoms with E-state index >= 15 is 0 Å². The second kappa shape index (κ2) is 6.95. The Hall–Kier alpha value is -0.800. The van der Waals surface area contributed by atoms with E-state index in [-0.39, 0.29) is 6.04 Å².